The Labute approximate surface area is 109 Å². The molecule has 0 spiro atoms. The van der Waals surface area contributed by atoms with Crippen molar-refractivity contribution >= 4 is 11.3 Å². The van der Waals surface area contributed by atoms with Crippen LogP contribution in [0.2, 0.25) is 0 Å². The zero-order chi connectivity index (χ0) is 12.5. The van der Waals surface area contributed by atoms with Gasteiger partial charge in [-0.15, -0.1) is 11.3 Å². The maximum atomic E-state index is 4.44. The van der Waals surface area contributed by atoms with Crippen molar-refractivity contribution in [1.82, 2.24) is 19.5 Å². The lowest BCUT2D eigenvalue weighted by atomic mass is 10.2. The first-order valence-electron chi connectivity index (χ1n) is 5.84. The molecule has 0 unspecified atom stereocenters. The molecule has 0 amide bonds. The minimum atomic E-state index is 0.276. The number of thiophene rings is 1. The molecule has 0 radical (unpaired) electrons. The lowest BCUT2D eigenvalue weighted by molar-refractivity contribution is 0.655. The van der Waals surface area contributed by atoms with Crippen LogP contribution in [0.4, 0.5) is 0 Å². The highest BCUT2D eigenvalue weighted by atomic mass is 32.1. The maximum Gasteiger partial charge on any atom is 0.161 e. The van der Waals surface area contributed by atoms with Crippen molar-refractivity contribution < 1.29 is 0 Å². The molecule has 0 bridgehead atoms. The van der Waals surface area contributed by atoms with Crippen LogP contribution in [0.15, 0.2) is 36.2 Å². The fourth-order valence-corrected chi connectivity index (χ4v) is 2.84. The van der Waals surface area contributed by atoms with Crippen LogP contribution in [0.3, 0.4) is 0 Å². The first-order valence-corrected chi connectivity index (χ1v) is 6.72. The second kappa shape index (κ2) is 4.42. The van der Waals surface area contributed by atoms with Gasteiger partial charge >= 0.3 is 0 Å². The number of aromatic nitrogens is 4. The molecule has 0 saturated carbocycles. The normalized spacial score (nSPS) is 12.8. The van der Waals surface area contributed by atoms with Gasteiger partial charge < -0.3 is 9.55 Å². The first kappa shape index (κ1) is 11.2. The molecule has 1 atom stereocenters. The Morgan fingerprint density at radius 2 is 2.28 bits per heavy atom. The molecule has 5 heteroatoms. The zero-order valence-electron chi connectivity index (χ0n) is 10.3. The summed E-state index contributed by atoms with van der Waals surface area (Å²) >= 11 is 1.76. The topological polar surface area (TPSA) is 46.5 Å². The van der Waals surface area contributed by atoms with Gasteiger partial charge in [-0.3, -0.25) is 0 Å². The molecule has 18 heavy (non-hydrogen) atoms. The number of imidazole rings is 2. The van der Waals surface area contributed by atoms with E-state index in [1.54, 1.807) is 17.7 Å². The Kier molecular flexibility index (Phi) is 2.76. The highest BCUT2D eigenvalue weighted by molar-refractivity contribution is 7.10. The number of H-pyrrole nitrogens is 1. The van der Waals surface area contributed by atoms with Gasteiger partial charge in [-0.25, -0.2) is 9.97 Å². The van der Waals surface area contributed by atoms with Gasteiger partial charge in [-0.2, -0.15) is 0 Å². The summed E-state index contributed by atoms with van der Waals surface area (Å²) in [6, 6.07) is 4.50. The van der Waals surface area contributed by atoms with Gasteiger partial charge in [-0.1, -0.05) is 6.07 Å². The van der Waals surface area contributed by atoms with E-state index in [1.165, 1.54) is 4.88 Å². The maximum absolute atomic E-state index is 4.44. The molecule has 0 saturated heterocycles. The predicted molar refractivity (Wildman–Crippen MR) is 72.7 cm³/mol. The van der Waals surface area contributed by atoms with Crippen LogP contribution in [-0.4, -0.2) is 19.5 Å². The largest absolute Gasteiger partial charge is 0.348 e. The van der Waals surface area contributed by atoms with Gasteiger partial charge in [0, 0.05) is 23.0 Å². The van der Waals surface area contributed by atoms with E-state index < -0.39 is 0 Å². The average Bonchev–Trinajstić information content (AvgIpc) is 3.09. The van der Waals surface area contributed by atoms with Crippen molar-refractivity contribution in [1.29, 1.82) is 0 Å². The zero-order valence-corrected chi connectivity index (χ0v) is 11.1. The van der Waals surface area contributed by atoms with E-state index in [1.807, 2.05) is 19.3 Å². The minimum absolute atomic E-state index is 0.276. The number of rotatable bonds is 3. The van der Waals surface area contributed by atoms with Crippen molar-refractivity contribution in [2.24, 2.45) is 0 Å². The summed E-state index contributed by atoms with van der Waals surface area (Å²) < 4.78 is 2.16. The molecular weight excluding hydrogens is 244 g/mol. The van der Waals surface area contributed by atoms with E-state index in [0.29, 0.717) is 0 Å². The Balaban J connectivity index is 2.05. The fraction of sp³-hybridized carbons (Fsp3) is 0.231. The summed E-state index contributed by atoms with van der Waals surface area (Å²) in [6.45, 7) is 4.19. The summed E-state index contributed by atoms with van der Waals surface area (Å²) in [5.74, 6) is 0.912. The van der Waals surface area contributed by atoms with Crippen molar-refractivity contribution in [3.05, 3.63) is 46.8 Å². The minimum Gasteiger partial charge on any atom is -0.348 e. The second-order valence-electron chi connectivity index (χ2n) is 4.23. The van der Waals surface area contributed by atoms with Crippen LogP contribution >= 0.6 is 11.3 Å². The Morgan fingerprint density at radius 1 is 1.39 bits per heavy atom. The van der Waals surface area contributed by atoms with E-state index in [9.17, 15) is 0 Å². The molecular formula is C13H14N4S. The van der Waals surface area contributed by atoms with Crippen molar-refractivity contribution in [3.8, 4) is 11.5 Å². The Bertz CT molecular complexity index is 636. The van der Waals surface area contributed by atoms with E-state index in [0.717, 1.165) is 17.2 Å². The van der Waals surface area contributed by atoms with E-state index >= 15 is 0 Å². The molecule has 0 fully saturated rings. The number of aryl methyl sites for hydroxylation is 1. The monoisotopic (exact) mass is 258 g/mol. The number of nitrogens with zero attached hydrogens (tertiary/aromatic N) is 3. The van der Waals surface area contributed by atoms with Crippen LogP contribution in [0.25, 0.3) is 11.5 Å². The van der Waals surface area contributed by atoms with Crippen molar-refractivity contribution in [2.75, 3.05) is 0 Å². The Morgan fingerprint density at radius 3 is 2.94 bits per heavy atom. The summed E-state index contributed by atoms with van der Waals surface area (Å²) in [7, 11) is 0. The summed E-state index contributed by atoms with van der Waals surface area (Å²) in [6.07, 6.45) is 5.54. The third-order valence-electron chi connectivity index (χ3n) is 3.08. The lowest BCUT2D eigenvalue weighted by Crippen LogP contribution is -2.06. The molecule has 4 nitrogen and oxygen atoms in total. The fourth-order valence-electron chi connectivity index (χ4n) is 2.06. The third kappa shape index (κ3) is 1.76. The lowest BCUT2D eigenvalue weighted by Gasteiger charge is -2.14. The molecule has 3 aromatic rings. The van der Waals surface area contributed by atoms with Crippen LogP contribution in [0.1, 0.15) is 23.5 Å². The highest BCUT2D eigenvalue weighted by Gasteiger charge is 2.16. The quantitative estimate of drug-likeness (QED) is 0.784. The smallest absolute Gasteiger partial charge is 0.161 e. The number of nitrogens with one attached hydrogen (secondary N) is 1. The highest BCUT2D eigenvalue weighted by Crippen LogP contribution is 2.27. The number of aromatic amines is 1. The molecule has 0 aromatic carbocycles. The van der Waals surface area contributed by atoms with Gasteiger partial charge in [0.25, 0.3) is 0 Å². The first-order chi connectivity index (χ1) is 8.77. The van der Waals surface area contributed by atoms with Gasteiger partial charge in [0.15, 0.2) is 5.82 Å². The molecule has 0 aliphatic rings. The van der Waals surface area contributed by atoms with Gasteiger partial charge in [0.2, 0.25) is 0 Å². The molecule has 1 N–H and O–H groups in total. The van der Waals surface area contributed by atoms with E-state index in [2.05, 4.69) is 44.0 Å². The standard InChI is InChI=1S/C13H14N4S/c1-9-12(16-8-15-9)13-14-5-6-17(13)10(2)11-4-3-7-18-11/h3-8,10H,1-2H3,(H,15,16)/t10-/m1/s1. The van der Waals surface area contributed by atoms with Crippen LogP contribution in [-0.2, 0) is 0 Å². The number of hydrogen-bond acceptors (Lipinski definition) is 3. The molecule has 3 rings (SSSR count). The molecule has 3 heterocycles. The average molecular weight is 258 g/mol. The van der Waals surface area contributed by atoms with Crippen LogP contribution in [0.5, 0.6) is 0 Å². The Hall–Kier alpha value is -1.88. The van der Waals surface area contributed by atoms with Gasteiger partial charge in [-0.05, 0) is 25.3 Å². The van der Waals surface area contributed by atoms with E-state index in [-0.39, 0.29) is 6.04 Å². The molecule has 0 aliphatic carbocycles. The molecule has 92 valence electrons. The number of hydrogen-bond donors (Lipinski definition) is 1. The summed E-state index contributed by atoms with van der Waals surface area (Å²) in [4.78, 5) is 13.2. The van der Waals surface area contributed by atoms with Gasteiger partial charge in [0.1, 0.15) is 5.69 Å². The van der Waals surface area contributed by atoms with Crippen LogP contribution in [0, 0.1) is 6.92 Å². The molecule has 0 aliphatic heterocycles. The van der Waals surface area contributed by atoms with Crippen molar-refractivity contribution in [3.63, 3.8) is 0 Å². The second-order valence-corrected chi connectivity index (χ2v) is 5.20. The summed E-state index contributed by atoms with van der Waals surface area (Å²) in [5.41, 5.74) is 1.96. The SMILES string of the molecule is Cc1[nH]cnc1-c1nccn1[C@H](C)c1cccs1. The summed E-state index contributed by atoms with van der Waals surface area (Å²) in [5, 5.41) is 2.10. The predicted octanol–water partition coefficient (Wildman–Crippen LogP) is 3.25. The van der Waals surface area contributed by atoms with Gasteiger partial charge in [0.05, 0.1) is 12.4 Å². The van der Waals surface area contributed by atoms with E-state index in [4.69, 9.17) is 0 Å². The third-order valence-corrected chi connectivity index (χ3v) is 4.13. The van der Waals surface area contributed by atoms with Crippen molar-refractivity contribution in [2.45, 2.75) is 19.9 Å². The van der Waals surface area contributed by atoms with Crippen LogP contribution < -0.4 is 0 Å². The molecule has 3 aromatic heterocycles.